The number of aliphatic carboxylic acids is 1. The largest absolute Gasteiger partial charge is 0.481 e. The number of alkyl halides is 3. The molecular formula is C19H15F3N2O5. The number of halogens is 3. The molecule has 152 valence electrons. The Morgan fingerprint density at radius 2 is 1.90 bits per heavy atom. The van der Waals surface area contributed by atoms with E-state index in [1.54, 1.807) is 6.92 Å². The predicted molar refractivity (Wildman–Crippen MR) is 89.3 cm³/mol. The van der Waals surface area contributed by atoms with Crippen molar-refractivity contribution in [3.63, 3.8) is 0 Å². The molecule has 7 nitrogen and oxygen atoms in total. The Morgan fingerprint density at radius 3 is 2.45 bits per heavy atom. The average molecular weight is 408 g/mol. The van der Waals surface area contributed by atoms with E-state index in [1.165, 1.54) is 13.0 Å². The first-order valence-electron chi connectivity index (χ1n) is 8.77. The molecule has 10 heteroatoms. The highest BCUT2D eigenvalue weighted by atomic mass is 19.4. The topological polar surface area (TPSA) is 108 Å². The molecule has 2 amide bonds. The van der Waals surface area contributed by atoms with Crippen LogP contribution in [0, 0.1) is 29.1 Å². The number of carbonyl (C=O) groups excluding carboxylic acids is 2. The van der Waals surface area contributed by atoms with Gasteiger partial charge in [0.05, 0.1) is 51.8 Å². The van der Waals surface area contributed by atoms with Gasteiger partial charge in [0.15, 0.2) is 0 Å². The predicted octanol–water partition coefficient (Wildman–Crippen LogP) is 2.33. The van der Waals surface area contributed by atoms with Crippen LogP contribution in [0.25, 0.3) is 0 Å². The number of hydrogen-bond donors (Lipinski definition) is 1. The summed E-state index contributed by atoms with van der Waals surface area (Å²) in [5, 5.41) is 18.4. The van der Waals surface area contributed by atoms with Gasteiger partial charge in [-0.15, -0.1) is 0 Å². The summed E-state index contributed by atoms with van der Waals surface area (Å²) in [7, 11) is 0. The summed E-state index contributed by atoms with van der Waals surface area (Å²) >= 11 is 0. The van der Waals surface area contributed by atoms with E-state index in [0.29, 0.717) is 11.0 Å². The van der Waals surface area contributed by atoms with Crippen molar-refractivity contribution in [1.29, 1.82) is 5.26 Å². The molecule has 29 heavy (non-hydrogen) atoms. The minimum absolute atomic E-state index is 0.0219. The zero-order chi connectivity index (χ0) is 21.5. The van der Waals surface area contributed by atoms with E-state index in [0.717, 1.165) is 12.1 Å². The van der Waals surface area contributed by atoms with Crippen molar-refractivity contribution in [2.45, 2.75) is 37.6 Å². The first-order chi connectivity index (χ1) is 13.3. The summed E-state index contributed by atoms with van der Waals surface area (Å²) in [5.74, 6) is -5.80. The van der Waals surface area contributed by atoms with E-state index in [2.05, 4.69) is 0 Å². The van der Waals surface area contributed by atoms with Gasteiger partial charge in [-0.05, 0) is 38.5 Å². The van der Waals surface area contributed by atoms with Crippen LogP contribution in [0.5, 0.6) is 0 Å². The van der Waals surface area contributed by atoms with Crippen molar-refractivity contribution in [2.24, 2.45) is 17.8 Å². The molecule has 1 aromatic rings. The summed E-state index contributed by atoms with van der Waals surface area (Å²) in [5.41, 5.74) is -4.83. The summed E-state index contributed by atoms with van der Waals surface area (Å²) < 4.78 is 45.8. The van der Waals surface area contributed by atoms with E-state index < -0.39 is 64.0 Å². The van der Waals surface area contributed by atoms with Crippen molar-refractivity contribution >= 4 is 23.5 Å². The number of fused-ring (bicyclic) bond motifs is 5. The van der Waals surface area contributed by atoms with Crippen molar-refractivity contribution < 1.29 is 37.4 Å². The molecular weight excluding hydrogens is 393 g/mol. The third-order valence-corrected chi connectivity index (χ3v) is 6.32. The minimum atomic E-state index is -4.85. The fourth-order valence-electron chi connectivity index (χ4n) is 5.15. The monoisotopic (exact) mass is 408 g/mol. The van der Waals surface area contributed by atoms with Crippen LogP contribution in [0.15, 0.2) is 18.2 Å². The molecule has 0 aromatic heterocycles. The lowest BCUT2D eigenvalue weighted by Gasteiger charge is -2.32. The summed E-state index contributed by atoms with van der Waals surface area (Å²) in [6.45, 7) is 3.00. The van der Waals surface area contributed by atoms with Crippen LogP contribution in [-0.4, -0.2) is 34.1 Å². The molecule has 3 heterocycles. The molecule has 3 aliphatic rings. The van der Waals surface area contributed by atoms with Crippen molar-refractivity contribution in [1.82, 2.24) is 0 Å². The second-order valence-corrected chi connectivity index (χ2v) is 8.00. The Morgan fingerprint density at radius 1 is 1.28 bits per heavy atom. The van der Waals surface area contributed by atoms with Gasteiger partial charge in [-0.1, -0.05) is 0 Å². The molecule has 0 spiro atoms. The lowest BCUT2D eigenvalue weighted by molar-refractivity contribution is -0.150. The maximum Gasteiger partial charge on any atom is 0.417 e. The zero-order valence-corrected chi connectivity index (χ0v) is 15.3. The highest BCUT2D eigenvalue weighted by molar-refractivity contribution is 6.23. The Hall–Kier alpha value is -2.93. The Balaban J connectivity index is 1.81. The van der Waals surface area contributed by atoms with Gasteiger partial charge in [0, 0.05) is 0 Å². The SMILES string of the molecule is C[C@]12O[C@](C)(C[C@H]1C(=O)O)[C@H]1C(=O)N(c3ccc(C#N)c(C(F)(F)F)c3)C(=O)[C@@H]12. The van der Waals surface area contributed by atoms with Crippen LogP contribution in [0.1, 0.15) is 31.4 Å². The minimum Gasteiger partial charge on any atom is -0.481 e. The average Bonchev–Trinajstić information content (AvgIpc) is 3.15. The normalized spacial score (nSPS) is 35.7. The first-order valence-corrected chi connectivity index (χ1v) is 8.77. The van der Waals surface area contributed by atoms with Crippen LogP contribution in [0.2, 0.25) is 0 Å². The molecule has 0 unspecified atom stereocenters. The second-order valence-electron chi connectivity index (χ2n) is 8.00. The van der Waals surface area contributed by atoms with Gasteiger partial charge in [-0.2, -0.15) is 18.4 Å². The quantitative estimate of drug-likeness (QED) is 0.753. The van der Waals surface area contributed by atoms with E-state index in [9.17, 15) is 32.7 Å². The highest BCUT2D eigenvalue weighted by Gasteiger charge is 2.77. The molecule has 0 radical (unpaired) electrons. The number of nitrogens with zero attached hydrogens (tertiary/aromatic N) is 2. The number of carbonyl (C=O) groups is 3. The van der Waals surface area contributed by atoms with Gasteiger partial charge in [0.2, 0.25) is 11.8 Å². The fourth-order valence-corrected chi connectivity index (χ4v) is 5.15. The third kappa shape index (κ3) is 2.37. The molecule has 1 N–H and O–H groups in total. The number of carboxylic acid groups (broad SMARTS) is 1. The molecule has 5 atom stereocenters. The van der Waals surface area contributed by atoms with Crippen LogP contribution < -0.4 is 4.90 Å². The molecule has 3 fully saturated rings. The number of hydrogen-bond acceptors (Lipinski definition) is 5. The zero-order valence-electron chi connectivity index (χ0n) is 15.3. The van der Waals surface area contributed by atoms with Crippen molar-refractivity contribution in [3.8, 4) is 6.07 Å². The van der Waals surface area contributed by atoms with Crippen LogP contribution in [-0.2, 0) is 25.3 Å². The van der Waals surface area contributed by atoms with Gasteiger partial charge in [0.25, 0.3) is 0 Å². The molecule has 0 aliphatic carbocycles. The summed E-state index contributed by atoms with van der Waals surface area (Å²) in [6, 6.07) is 4.05. The number of amides is 2. The number of imide groups is 1. The van der Waals surface area contributed by atoms with Crippen LogP contribution in [0.4, 0.5) is 18.9 Å². The van der Waals surface area contributed by atoms with E-state index in [-0.39, 0.29) is 12.1 Å². The van der Waals surface area contributed by atoms with Gasteiger partial charge in [0.1, 0.15) is 0 Å². The van der Waals surface area contributed by atoms with Crippen molar-refractivity contribution in [3.05, 3.63) is 29.3 Å². The number of nitriles is 1. The summed E-state index contributed by atoms with van der Waals surface area (Å²) in [4.78, 5) is 38.5. The van der Waals surface area contributed by atoms with Gasteiger partial charge < -0.3 is 9.84 Å². The Labute approximate surface area is 162 Å². The lowest BCUT2D eigenvalue weighted by atomic mass is 9.64. The summed E-state index contributed by atoms with van der Waals surface area (Å²) in [6.07, 6.45) is -4.83. The number of benzene rings is 1. The van der Waals surface area contributed by atoms with Gasteiger partial charge in [-0.25, -0.2) is 4.90 Å². The number of ether oxygens (including phenoxy) is 1. The van der Waals surface area contributed by atoms with E-state index in [1.807, 2.05) is 0 Å². The number of rotatable bonds is 2. The fraction of sp³-hybridized carbons (Fsp3) is 0.474. The van der Waals surface area contributed by atoms with E-state index >= 15 is 0 Å². The van der Waals surface area contributed by atoms with Crippen LogP contribution >= 0.6 is 0 Å². The first kappa shape index (κ1) is 19.4. The maximum atomic E-state index is 13.3. The third-order valence-electron chi connectivity index (χ3n) is 6.32. The second kappa shape index (κ2) is 5.57. The lowest BCUT2D eigenvalue weighted by Crippen LogP contribution is -2.48. The Bertz CT molecular complexity index is 1020. The van der Waals surface area contributed by atoms with Crippen molar-refractivity contribution in [2.75, 3.05) is 4.90 Å². The molecule has 3 aliphatic heterocycles. The van der Waals surface area contributed by atoms with Gasteiger partial charge in [-0.3, -0.25) is 14.4 Å². The van der Waals surface area contributed by atoms with Crippen LogP contribution in [0.3, 0.4) is 0 Å². The van der Waals surface area contributed by atoms with Gasteiger partial charge >= 0.3 is 12.1 Å². The standard InChI is InChI=1S/C19H15F3N2O5/c1-17-6-11(16(27)28)18(2,29-17)13-12(17)14(25)24(15(13)26)9-4-3-8(7-23)10(5-9)19(20,21)22/h3-5,11-13H,6H2,1-2H3,(H,27,28)/t11-,12+,13+,17+,18-/m0/s1. The number of carboxylic acids is 1. The Kier molecular flexibility index (Phi) is 3.72. The molecule has 1 aromatic carbocycles. The molecule has 3 saturated heterocycles. The van der Waals surface area contributed by atoms with E-state index in [4.69, 9.17) is 10.00 Å². The maximum absolute atomic E-state index is 13.3. The molecule has 2 bridgehead atoms. The molecule has 4 rings (SSSR count). The molecule has 0 saturated carbocycles. The number of anilines is 1. The highest BCUT2D eigenvalue weighted by Crippen LogP contribution is 2.63. The smallest absolute Gasteiger partial charge is 0.417 e.